The number of nitriles is 1. The van der Waals surface area contributed by atoms with Gasteiger partial charge in [-0.3, -0.25) is 0 Å². The number of allylic oxidation sites excluding steroid dienone is 1. The van der Waals surface area contributed by atoms with E-state index in [4.69, 9.17) is 0 Å². The average molecular weight is 312 g/mol. The maximum absolute atomic E-state index is 9.63. The Morgan fingerprint density at radius 3 is 2.75 bits per heavy atom. The summed E-state index contributed by atoms with van der Waals surface area (Å²) in [4.78, 5) is 11.2. The zero-order chi connectivity index (χ0) is 16.7. The van der Waals surface area contributed by atoms with Gasteiger partial charge in [0.1, 0.15) is 11.9 Å². The number of fused-ring (bicyclic) bond motifs is 2. The molecule has 116 valence electrons. The van der Waals surface area contributed by atoms with Crippen LogP contribution in [0.25, 0.3) is 33.6 Å². The fourth-order valence-corrected chi connectivity index (χ4v) is 3.03. The first-order chi connectivity index (χ1) is 11.7. The highest BCUT2D eigenvalue weighted by atomic mass is 14.9. The van der Waals surface area contributed by atoms with Crippen molar-refractivity contribution < 1.29 is 0 Å². The number of nitrogens with one attached hydrogen (secondary N) is 2. The Hall–Kier alpha value is -3.32. The summed E-state index contributed by atoms with van der Waals surface area (Å²) < 4.78 is 0. The number of H-pyrrole nitrogens is 2. The van der Waals surface area contributed by atoms with E-state index in [0.717, 1.165) is 38.8 Å². The van der Waals surface area contributed by atoms with Crippen molar-refractivity contribution in [3.63, 3.8) is 0 Å². The molecule has 2 heterocycles. The molecular weight excluding hydrogens is 296 g/mol. The standard InChI is InChI=1S/C20H16N4/c1-12-7-8-18-19(9-12)24-20(23-18)14(11-21)10-16-13(2)22-17-6-4-3-5-15(16)17/h3-10,22H,1-2H3,(H,23,24). The molecule has 0 amide bonds. The molecule has 4 rings (SSSR count). The first kappa shape index (κ1) is 14.3. The minimum absolute atomic E-state index is 0.525. The van der Waals surface area contributed by atoms with Gasteiger partial charge in [-0.2, -0.15) is 5.26 Å². The van der Waals surface area contributed by atoms with Gasteiger partial charge in [-0.25, -0.2) is 4.98 Å². The monoisotopic (exact) mass is 312 g/mol. The zero-order valence-electron chi connectivity index (χ0n) is 13.5. The van der Waals surface area contributed by atoms with Gasteiger partial charge in [0.25, 0.3) is 0 Å². The number of aromatic nitrogens is 3. The van der Waals surface area contributed by atoms with Crippen molar-refractivity contribution in [3.8, 4) is 6.07 Å². The highest BCUT2D eigenvalue weighted by Gasteiger charge is 2.11. The fraction of sp³-hybridized carbons (Fsp3) is 0.100. The van der Waals surface area contributed by atoms with Crippen LogP contribution in [-0.4, -0.2) is 15.0 Å². The maximum atomic E-state index is 9.63. The second-order valence-corrected chi connectivity index (χ2v) is 5.99. The second-order valence-electron chi connectivity index (χ2n) is 5.99. The first-order valence-corrected chi connectivity index (χ1v) is 7.81. The molecule has 0 aliphatic rings. The third-order valence-electron chi connectivity index (χ3n) is 4.25. The van der Waals surface area contributed by atoms with Crippen LogP contribution in [0.5, 0.6) is 0 Å². The normalized spacial score (nSPS) is 12.0. The lowest BCUT2D eigenvalue weighted by atomic mass is 10.1. The molecule has 0 aliphatic carbocycles. The molecule has 2 aromatic carbocycles. The Morgan fingerprint density at radius 2 is 1.92 bits per heavy atom. The topological polar surface area (TPSA) is 68.3 Å². The Morgan fingerprint density at radius 1 is 1.08 bits per heavy atom. The zero-order valence-corrected chi connectivity index (χ0v) is 13.5. The van der Waals surface area contributed by atoms with Crippen molar-refractivity contribution in [2.75, 3.05) is 0 Å². The average Bonchev–Trinajstić information content (AvgIpc) is 3.12. The van der Waals surface area contributed by atoms with Crippen molar-refractivity contribution in [1.82, 2.24) is 15.0 Å². The fourth-order valence-electron chi connectivity index (χ4n) is 3.03. The van der Waals surface area contributed by atoms with Crippen molar-refractivity contribution >= 4 is 33.6 Å². The van der Waals surface area contributed by atoms with E-state index in [1.165, 1.54) is 0 Å². The molecule has 4 nitrogen and oxygen atoms in total. The van der Waals surface area contributed by atoms with E-state index in [0.29, 0.717) is 11.4 Å². The highest BCUT2D eigenvalue weighted by molar-refractivity contribution is 5.98. The Bertz CT molecular complexity index is 1140. The molecule has 0 aliphatic heterocycles. The number of hydrogen-bond donors (Lipinski definition) is 2. The van der Waals surface area contributed by atoms with Crippen LogP contribution in [0.4, 0.5) is 0 Å². The van der Waals surface area contributed by atoms with E-state index in [2.05, 4.69) is 27.1 Å². The summed E-state index contributed by atoms with van der Waals surface area (Å²) in [5.41, 5.74) is 6.63. The number of benzene rings is 2. The number of aryl methyl sites for hydroxylation is 2. The number of rotatable bonds is 2. The third kappa shape index (κ3) is 2.27. The van der Waals surface area contributed by atoms with E-state index in [9.17, 15) is 5.26 Å². The second kappa shape index (κ2) is 5.39. The number of hydrogen-bond acceptors (Lipinski definition) is 2. The molecule has 4 heteroatoms. The summed E-state index contributed by atoms with van der Waals surface area (Å²) in [7, 11) is 0. The molecule has 24 heavy (non-hydrogen) atoms. The number of nitrogens with zero attached hydrogens (tertiary/aromatic N) is 2. The quantitative estimate of drug-likeness (QED) is 0.526. The minimum Gasteiger partial charge on any atom is -0.358 e. The lowest BCUT2D eigenvalue weighted by Gasteiger charge is -1.96. The van der Waals surface area contributed by atoms with Crippen LogP contribution in [0.1, 0.15) is 22.6 Å². The molecule has 4 aromatic rings. The van der Waals surface area contributed by atoms with Gasteiger partial charge in [-0.1, -0.05) is 24.3 Å². The molecule has 0 unspecified atom stereocenters. The van der Waals surface area contributed by atoms with Gasteiger partial charge in [0, 0.05) is 22.2 Å². The number of para-hydroxylation sites is 1. The molecule has 0 fully saturated rings. The number of aromatic amines is 2. The van der Waals surface area contributed by atoms with E-state index in [1.54, 1.807) is 0 Å². The smallest absolute Gasteiger partial charge is 0.149 e. The highest BCUT2D eigenvalue weighted by Crippen LogP contribution is 2.27. The molecule has 2 aromatic heterocycles. The van der Waals surface area contributed by atoms with Gasteiger partial charge in [-0.05, 0) is 43.7 Å². The SMILES string of the molecule is Cc1ccc2nc(C(C#N)=Cc3c(C)[nH]c4ccccc34)[nH]c2c1. The number of imidazole rings is 1. The minimum atomic E-state index is 0.525. The first-order valence-electron chi connectivity index (χ1n) is 7.81. The van der Waals surface area contributed by atoms with Gasteiger partial charge in [-0.15, -0.1) is 0 Å². The Labute approximate surface area is 139 Å². The van der Waals surface area contributed by atoms with E-state index >= 15 is 0 Å². The molecule has 0 saturated heterocycles. The van der Waals surface area contributed by atoms with Crippen molar-refractivity contribution in [2.45, 2.75) is 13.8 Å². The molecular formula is C20H16N4. The lowest BCUT2D eigenvalue weighted by Crippen LogP contribution is -1.85. The summed E-state index contributed by atoms with van der Waals surface area (Å²) in [6.45, 7) is 4.05. The summed E-state index contributed by atoms with van der Waals surface area (Å²) in [5.74, 6) is 0.600. The molecule has 0 saturated carbocycles. The molecule has 0 atom stereocenters. The third-order valence-corrected chi connectivity index (χ3v) is 4.25. The van der Waals surface area contributed by atoms with Crippen LogP contribution in [0.15, 0.2) is 42.5 Å². The van der Waals surface area contributed by atoms with Crippen LogP contribution in [0.3, 0.4) is 0 Å². The van der Waals surface area contributed by atoms with Crippen LogP contribution in [0, 0.1) is 25.2 Å². The Kier molecular flexibility index (Phi) is 3.21. The van der Waals surface area contributed by atoms with Crippen molar-refractivity contribution in [2.24, 2.45) is 0 Å². The van der Waals surface area contributed by atoms with Gasteiger partial charge in [0.2, 0.25) is 0 Å². The van der Waals surface area contributed by atoms with Crippen LogP contribution < -0.4 is 0 Å². The van der Waals surface area contributed by atoms with Gasteiger partial charge in [0.15, 0.2) is 0 Å². The predicted octanol–water partition coefficient (Wildman–Crippen LogP) is 4.73. The van der Waals surface area contributed by atoms with Crippen LogP contribution in [-0.2, 0) is 0 Å². The molecule has 0 spiro atoms. The van der Waals surface area contributed by atoms with Gasteiger partial charge in [0.05, 0.1) is 16.6 Å². The van der Waals surface area contributed by atoms with E-state index < -0.39 is 0 Å². The predicted molar refractivity (Wildman–Crippen MR) is 97.4 cm³/mol. The van der Waals surface area contributed by atoms with Crippen molar-refractivity contribution in [1.29, 1.82) is 5.26 Å². The lowest BCUT2D eigenvalue weighted by molar-refractivity contribution is 1.27. The van der Waals surface area contributed by atoms with Crippen molar-refractivity contribution in [3.05, 3.63) is 65.1 Å². The van der Waals surface area contributed by atoms with E-state index in [1.807, 2.05) is 56.3 Å². The van der Waals surface area contributed by atoms with E-state index in [-0.39, 0.29) is 0 Å². The largest absolute Gasteiger partial charge is 0.358 e. The molecule has 0 radical (unpaired) electrons. The summed E-state index contributed by atoms with van der Waals surface area (Å²) in [6.07, 6.45) is 1.90. The molecule has 2 N–H and O–H groups in total. The van der Waals surface area contributed by atoms with Crippen LogP contribution in [0.2, 0.25) is 0 Å². The summed E-state index contributed by atoms with van der Waals surface area (Å²) in [6, 6.07) is 16.4. The summed E-state index contributed by atoms with van der Waals surface area (Å²) in [5, 5.41) is 10.7. The Balaban J connectivity index is 1.89. The molecule has 0 bridgehead atoms. The maximum Gasteiger partial charge on any atom is 0.149 e. The van der Waals surface area contributed by atoms with Gasteiger partial charge < -0.3 is 9.97 Å². The van der Waals surface area contributed by atoms with Crippen LogP contribution >= 0.6 is 0 Å². The van der Waals surface area contributed by atoms with Gasteiger partial charge >= 0.3 is 0 Å². The summed E-state index contributed by atoms with van der Waals surface area (Å²) >= 11 is 0.